The third kappa shape index (κ3) is 3.29. The molecular weight excluding hydrogens is 286 g/mol. The van der Waals surface area contributed by atoms with Gasteiger partial charge in [-0.3, -0.25) is 0 Å². The van der Waals surface area contributed by atoms with E-state index in [0.29, 0.717) is 5.56 Å². The first-order chi connectivity index (χ1) is 9.41. The van der Waals surface area contributed by atoms with Crippen LogP contribution in [0, 0.1) is 0 Å². The van der Waals surface area contributed by atoms with Crippen molar-refractivity contribution in [1.82, 2.24) is 0 Å². The molecule has 0 N–H and O–H groups in total. The van der Waals surface area contributed by atoms with Crippen LogP contribution < -0.4 is 4.74 Å². The molecule has 1 saturated carbocycles. The molecule has 0 saturated heterocycles. The summed E-state index contributed by atoms with van der Waals surface area (Å²) >= 11 is 0. The highest BCUT2D eigenvalue weighted by atomic mass is 32.2. The van der Waals surface area contributed by atoms with Crippen molar-refractivity contribution < 1.29 is 21.9 Å². The summed E-state index contributed by atoms with van der Waals surface area (Å²) in [5.41, 5.74) is 0.610. The summed E-state index contributed by atoms with van der Waals surface area (Å²) in [7, 11) is -3.22. The molecule has 3 nitrogen and oxygen atoms in total. The van der Waals surface area contributed by atoms with Crippen molar-refractivity contribution in [3.63, 3.8) is 0 Å². The predicted molar refractivity (Wildman–Crippen MR) is 72.7 cm³/mol. The predicted octanol–water partition coefficient (Wildman–Crippen LogP) is 3.71. The molecule has 0 spiro atoms. The van der Waals surface area contributed by atoms with Gasteiger partial charge in [-0.1, -0.05) is 25.0 Å². The van der Waals surface area contributed by atoms with Gasteiger partial charge >= 0.3 is 6.61 Å². The number of hydrogen-bond acceptors (Lipinski definition) is 3. The summed E-state index contributed by atoms with van der Waals surface area (Å²) in [5.74, 6) is 0.0363. The molecule has 0 unspecified atom stereocenters. The van der Waals surface area contributed by atoms with Gasteiger partial charge in [0.25, 0.3) is 0 Å². The summed E-state index contributed by atoms with van der Waals surface area (Å²) in [6.07, 6.45) is 3.36. The molecular formula is C14H18F2O3S. The second-order valence-electron chi connectivity index (χ2n) is 5.09. The molecule has 0 radical (unpaired) electrons. The van der Waals surface area contributed by atoms with Crippen molar-refractivity contribution in [3.8, 4) is 5.75 Å². The molecule has 112 valence electrons. The van der Waals surface area contributed by atoms with Crippen molar-refractivity contribution >= 4 is 9.84 Å². The fourth-order valence-corrected chi connectivity index (χ4v) is 4.72. The monoisotopic (exact) mass is 304 g/mol. The van der Waals surface area contributed by atoms with Crippen molar-refractivity contribution in [2.24, 2.45) is 0 Å². The Morgan fingerprint density at radius 1 is 1.15 bits per heavy atom. The SMILES string of the molecule is C[C@@H](c1ccc(OC(F)F)cc1)S(=O)(=O)C1CCCC1. The fraction of sp³-hybridized carbons (Fsp3) is 0.571. The van der Waals surface area contributed by atoms with Crippen LogP contribution in [0.2, 0.25) is 0 Å². The van der Waals surface area contributed by atoms with E-state index >= 15 is 0 Å². The smallest absolute Gasteiger partial charge is 0.387 e. The minimum absolute atomic E-state index is 0.0363. The Kier molecular flexibility index (Phi) is 4.62. The van der Waals surface area contributed by atoms with E-state index in [2.05, 4.69) is 4.74 Å². The van der Waals surface area contributed by atoms with Crippen LogP contribution in [0.3, 0.4) is 0 Å². The number of hydrogen-bond donors (Lipinski definition) is 0. The number of ether oxygens (including phenoxy) is 1. The first-order valence-corrected chi connectivity index (χ1v) is 8.29. The average Bonchev–Trinajstić information content (AvgIpc) is 2.92. The molecule has 0 aliphatic heterocycles. The third-order valence-electron chi connectivity index (χ3n) is 3.83. The topological polar surface area (TPSA) is 43.4 Å². The first kappa shape index (κ1) is 15.2. The Morgan fingerprint density at radius 2 is 1.70 bits per heavy atom. The second kappa shape index (κ2) is 6.08. The minimum Gasteiger partial charge on any atom is -0.435 e. The van der Waals surface area contributed by atoms with Crippen molar-refractivity contribution in [2.75, 3.05) is 0 Å². The number of alkyl halides is 2. The Morgan fingerprint density at radius 3 is 2.20 bits per heavy atom. The Hall–Kier alpha value is -1.17. The summed E-state index contributed by atoms with van der Waals surface area (Å²) in [5, 5.41) is -0.888. The van der Waals surface area contributed by atoms with Gasteiger partial charge in [-0.25, -0.2) is 8.42 Å². The van der Waals surface area contributed by atoms with Gasteiger partial charge in [0.15, 0.2) is 9.84 Å². The van der Waals surface area contributed by atoms with Gasteiger partial charge in [-0.15, -0.1) is 0 Å². The van der Waals surface area contributed by atoms with Crippen LogP contribution in [0.5, 0.6) is 5.75 Å². The number of sulfone groups is 1. The van der Waals surface area contributed by atoms with E-state index < -0.39 is 21.7 Å². The van der Waals surface area contributed by atoms with Crippen molar-refractivity contribution in [2.45, 2.75) is 49.7 Å². The minimum atomic E-state index is -3.22. The van der Waals surface area contributed by atoms with Gasteiger partial charge in [0, 0.05) is 0 Å². The fourth-order valence-electron chi connectivity index (χ4n) is 2.62. The maximum Gasteiger partial charge on any atom is 0.387 e. The molecule has 0 amide bonds. The Bertz CT molecular complexity index is 534. The van der Waals surface area contributed by atoms with Crippen LogP contribution >= 0.6 is 0 Å². The van der Waals surface area contributed by atoms with Gasteiger partial charge in [0.1, 0.15) is 5.75 Å². The van der Waals surface area contributed by atoms with E-state index in [9.17, 15) is 17.2 Å². The normalized spacial score (nSPS) is 18.4. The lowest BCUT2D eigenvalue weighted by Crippen LogP contribution is -2.23. The van der Waals surface area contributed by atoms with Crippen LogP contribution in [0.4, 0.5) is 8.78 Å². The average molecular weight is 304 g/mol. The number of halogens is 2. The summed E-state index contributed by atoms with van der Waals surface area (Å²) in [6.45, 7) is -1.23. The van der Waals surface area contributed by atoms with Crippen LogP contribution in [0.15, 0.2) is 24.3 Å². The van der Waals surface area contributed by atoms with Gasteiger partial charge in [-0.2, -0.15) is 8.78 Å². The molecule has 1 aromatic carbocycles. The molecule has 0 bridgehead atoms. The van der Waals surface area contributed by atoms with Gasteiger partial charge in [0.05, 0.1) is 10.5 Å². The molecule has 2 rings (SSSR count). The number of benzene rings is 1. The first-order valence-electron chi connectivity index (χ1n) is 6.68. The van der Waals surface area contributed by atoms with E-state index in [1.807, 2.05) is 0 Å². The van der Waals surface area contributed by atoms with E-state index in [-0.39, 0.29) is 11.0 Å². The molecule has 1 aromatic rings. The lowest BCUT2D eigenvalue weighted by molar-refractivity contribution is -0.0498. The molecule has 0 heterocycles. The van der Waals surface area contributed by atoms with Crippen LogP contribution in [-0.4, -0.2) is 20.3 Å². The maximum atomic E-state index is 12.4. The Balaban J connectivity index is 2.14. The standard InChI is InChI=1S/C14H18F2O3S/c1-10(20(17,18)13-4-2-3-5-13)11-6-8-12(9-7-11)19-14(15)16/h6-10,13-14H,2-5H2,1H3/t10-/m0/s1. The van der Waals surface area contributed by atoms with E-state index in [1.54, 1.807) is 6.92 Å². The zero-order chi connectivity index (χ0) is 14.8. The highest BCUT2D eigenvalue weighted by Crippen LogP contribution is 2.34. The lowest BCUT2D eigenvalue weighted by atomic mass is 10.1. The third-order valence-corrected chi connectivity index (χ3v) is 6.49. The molecule has 1 aliphatic carbocycles. The highest BCUT2D eigenvalue weighted by molar-refractivity contribution is 7.92. The van der Waals surface area contributed by atoms with Crippen LogP contribution in [0.1, 0.15) is 43.4 Å². The highest BCUT2D eigenvalue weighted by Gasteiger charge is 2.34. The zero-order valence-corrected chi connectivity index (χ0v) is 12.1. The van der Waals surface area contributed by atoms with E-state index in [1.165, 1.54) is 24.3 Å². The Labute approximate surface area is 117 Å². The van der Waals surface area contributed by atoms with Crippen molar-refractivity contribution in [3.05, 3.63) is 29.8 Å². The number of rotatable bonds is 5. The maximum absolute atomic E-state index is 12.4. The van der Waals surface area contributed by atoms with Gasteiger partial charge < -0.3 is 4.74 Å². The second-order valence-corrected chi connectivity index (χ2v) is 7.64. The van der Waals surface area contributed by atoms with E-state index in [0.717, 1.165) is 25.7 Å². The van der Waals surface area contributed by atoms with Crippen molar-refractivity contribution in [1.29, 1.82) is 0 Å². The summed E-state index contributed by atoms with van der Waals surface area (Å²) in [4.78, 5) is 0. The summed E-state index contributed by atoms with van der Waals surface area (Å²) < 4.78 is 53.3. The van der Waals surface area contributed by atoms with Crippen LogP contribution in [-0.2, 0) is 9.84 Å². The molecule has 0 aromatic heterocycles. The molecule has 1 fully saturated rings. The van der Waals surface area contributed by atoms with Crippen LogP contribution in [0.25, 0.3) is 0 Å². The zero-order valence-electron chi connectivity index (χ0n) is 11.3. The molecule has 20 heavy (non-hydrogen) atoms. The van der Waals surface area contributed by atoms with Gasteiger partial charge in [0.2, 0.25) is 0 Å². The molecule has 1 atom stereocenters. The lowest BCUT2D eigenvalue weighted by Gasteiger charge is -2.18. The quantitative estimate of drug-likeness (QED) is 0.833. The summed E-state index contributed by atoms with van der Waals surface area (Å²) in [6, 6.07) is 5.83. The largest absolute Gasteiger partial charge is 0.435 e. The van der Waals surface area contributed by atoms with Gasteiger partial charge in [-0.05, 0) is 37.5 Å². The van der Waals surface area contributed by atoms with E-state index in [4.69, 9.17) is 0 Å². The molecule has 1 aliphatic rings. The molecule has 6 heteroatoms.